The van der Waals surface area contributed by atoms with Crippen molar-refractivity contribution in [2.24, 2.45) is 5.73 Å². The minimum absolute atomic E-state index is 0.0135. The van der Waals surface area contributed by atoms with Crippen molar-refractivity contribution >= 4 is 15.9 Å². The number of benzene rings is 1. The maximum absolute atomic E-state index is 13.3. The first-order valence-electron chi connectivity index (χ1n) is 4.89. The number of hydrogen-bond donors (Lipinski definition) is 1. The van der Waals surface area contributed by atoms with E-state index in [0.29, 0.717) is 23.2 Å². The molecule has 15 heavy (non-hydrogen) atoms. The molecular formula is C11H15BrFNO. The van der Waals surface area contributed by atoms with Gasteiger partial charge in [0.1, 0.15) is 11.6 Å². The molecule has 4 heteroatoms. The fraction of sp³-hybridized carbons (Fsp3) is 0.455. The van der Waals surface area contributed by atoms with Gasteiger partial charge in [-0.1, -0.05) is 6.07 Å². The van der Waals surface area contributed by atoms with Crippen LogP contribution >= 0.6 is 15.9 Å². The molecule has 0 aliphatic heterocycles. The van der Waals surface area contributed by atoms with Gasteiger partial charge < -0.3 is 10.5 Å². The monoisotopic (exact) mass is 275 g/mol. The van der Waals surface area contributed by atoms with Crippen LogP contribution in [0.1, 0.15) is 19.4 Å². The summed E-state index contributed by atoms with van der Waals surface area (Å²) in [5.41, 5.74) is 6.41. The Bertz CT molecular complexity index is 342. The summed E-state index contributed by atoms with van der Waals surface area (Å²) in [4.78, 5) is 0. The van der Waals surface area contributed by atoms with Crippen molar-refractivity contribution in [2.45, 2.75) is 26.4 Å². The molecule has 0 amide bonds. The maximum Gasteiger partial charge on any atom is 0.141 e. The van der Waals surface area contributed by atoms with E-state index in [-0.39, 0.29) is 11.9 Å². The first-order chi connectivity index (χ1) is 7.06. The molecule has 0 heterocycles. The van der Waals surface area contributed by atoms with Gasteiger partial charge in [0.2, 0.25) is 0 Å². The second-order valence-corrected chi connectivity index (χ2v) is 4.35. The van der Waals surface area contributed by atoms with E-state index in [0.717, 1.165) is 5.56 Å². The largest absolute Gasteiger partial charge is 0.489 e. The Balaban J connectivity index is 3.10. The van der Waals surface area contributed by atoms with Crippen LogP contribution in [0.3, 0.4) is 0 Å². The molecule has 0 spiro atoms. The van der Waals surface area contributed by atoms with Gasteiger partial charge in [-0.3, -0.25) is 0 Å². The standard InChI is InChI=1S/C11H15BrFNO/c1-7(2)15-11-8(5-6-14)3-4-9(13)10(11)12/h3-4,7H,5-6,14H2,1-2H3. The summed E-state index contributed by atoms with van der Waals surface area (Å²) >= 11 is 3.19. The molecule has 0 unspecified atom stereocenters. The van der Waals surface area contributed by atoms with Gasteiger partial charge in [-0.25, -0.2) is 4.39 Å². The summed E-state index contributed by atoms with van der Waals surface area (Å²) in [5.74, 6) is 0.252. The van der Waals surface area contributed by atoms with Crippen molar-refractivity contribution < 1.29 is 9.13 Å². The highest BCUT2D eigenvalue weighted by Crippen LogP contribution is 2.32. The lowest BCUT2D eigenvalue weighted by Gasteiger charge is -2.16. The lowest BCUT2D eigenvalue weighted by atomic mass is 10.1. The molecule has 0 fully saturated rings. The van der Waals surface area contributed by atoms with Crippen molar-refractivity contribution in [1.82, 2.24) is 0 Å². The van der Waals surface area contributed by atoms with E-state index < -0.39 is 0 Å². The van der Waals surface area contributed by atoms with Crippen LogP contribution in [0.15, 0.2) is 16.6 Å². The Morgan fingerprint density at radius 3 is 2.67 bits per heavy atom. The van der Waals surface area contributed by atoms with Gasteiger partial charge in [-0.2, -0.15) is 0 Å². The Kier molecular flexibility index (Phi) is 4.54. The molecule has 0 bridgehead atoms. The number of rotatable bonds is 4. The van der Waals surface area contributed by atoms with Gasteiger partial charge in [0.15, 0.2) is 0 Å². The number of halogens is 2. The number of ether oxygens (including phenoxy) is 1. The first-order valence-corrected chi connectivity index (χ1v) is 5.69. The zero-order chi connectivity index (χ0) is 11.4. The molecule has 0 aliphatic carbocycles. The van der Waals surface area contributed by atoms with Crippen LogP contribution in [-0.4, -0.2) is 12.6 Å². The van der Waals surface area contributed by atoms with Crippen molar-refractivity contribution in [2.75, 3.05) is 6.54 Å². The van der Waals surface area contributed by atoms with Crippen molar-refractivity contribution in [3.05, 3.63) is 28.0 Å². The van der Waals surface area contributed by atoms with Gasteiger partial charge in [-0.15, -0.1) is 0 Å². The molecule has 84 valence electrons. The van der Waals surface area contributed by atoms with Crippen LogP contribution in [-0.2, 0) is 6.42 Å². The fourth-order valence-corrected chi connectivity index (χ4v) is 1.77. The van der Waals surface area contributed by atoms with E-state index in [1.807, 2.05) is 13.8 Å². The average Bonchev–Trinajstić information content (AvgIpc) is 2.17. The summed E-state index contributed by atoms with van der Waals surface area (Å²) < 4.78 is 19.2. The van der Waals surface area contributed by atoms with E-state index in [1.54, 1.807) is 6.07 Å². The van der Waals surface area contributed by atoms with E-state index in [2.05, 4.69) is 15.9 Å². The molecule has 0 atom stereocenters. The lowest BCUT2D eigenvalue weighted by Crippen LogP contribution is -2.11. The quantitative estimate of drug-likeness (QED) is 0.917. The van der Waals surface area contributed by atoms with E-state index in [9.17, 15) is 4.39 Å². The molecule has 2 N–H and O–H groups in total. The molecule has 0 saturated heterocycles. The van der Waals surface area contributed by atoms with E-state index in [4.69, 9.17) is 10.5 Å². The molecule has 0 saturated carbocycles. The van der Waals surface area contributed by atoms with Crippen LogP contribution in [0.5, 0.6) is 5.75 Å². The summed E-state index contributed by atoms with van der Waals surface area (Å²) in [6.45, 7) is 4.33. The van der Waals surface area contributed by atoms with Gasteiger partial charge in [0.05, 0.1) is 10.6 Å². The molecular weight excluding hydrogens is 261 g/mol. The SMILES string of the molecule is CC(C)Oc1c(CCN)ccc(F)c1Br. The minimum Gasteiger partial charge on any atom is -0.489 e. The predicted octanol–water partition coefficient (Wildman–Crippen LogP) is 2.88. The summed E-state index contributed by atoms with van der Waals surface area (Å²) in [7, 11) is 0. The average molecular weight is 276 g/mol. The molecule has 0 aromatic heterocycles. The zero-order valence-electron chi connectivity index (χ0n) is 8.89. The van der Waals surface area contributed by atoms with Crippen molar-refractivity contribution in [1.29, 1.82) is 0 Å². The predicted molar refractivity (Wildman–Crippen MR) is 62.6 cm³/mol. The zero-order valence-corrected chi connectivity index (χ0v) is 10.5. The summed E-state index contributed by atoms with van der Waals surface area (Å²) in [6.07, 6.45) is 0.695. The lowest BCUT2D eigenvalue weighted by molar-refractivity contribution is 0.237. The molecule has 0 aliphatic rings. The third kappa shape index (κ3) is 3.18. The van der Waals surface area contributed by atoms with Crippen molar-refractivity contribution in [3.8, 4) is 5.75 Å². The maximum atomic E-state index is 13.3. The van der Waals surface area contributed by atoms with Crippen LogP contribution in [0, 0.1) is 5.82 Å². The minimum atomic E-state index is -0.313. The van der Waals surface area contributed by atoms with Crippen LogP contribution in [0.25, 0.3) is 0 Å². The highest BCUT2D eigenvalue weighted by molar-refractivity contribution is 9.10. The first kappa shape index (κ1) is 12.5. The molecule has 2 nitrogen and oxygen atoms in total. The Morgan fingerprint density at radius 2 is 2.13 bits per heavy atom. The Labute approximate surface area is 97.7 Å². The number of hydrogen-bond acceptors (Lipinski definition) is 2. The highest BCUT2D eigenvalue weighted by Gasteiger charge is 2.13. The second kappa shape index (κ2) is 5.47. The van der Waals surface area contributed by atoms with Crippen LogP contribution in [0.2, 0.25) is 0 Å². The smallest absolute Gasteiger partial charge is 0.141 e. The second-order valence-electron chi connectivity index (χ2n) is 3.55. The third-order valence-corrected chi connectivity index (χ3v) is 2.64. The van der Waals surface area contributed by atoms with Gasteiger partial charge in [0, 0.05) is 0 Å². The highest BCUT2D eigenvalue weighted by atomic mass is 79.9. The third-order valence-electron chi connectivity index (χ3n) is 1.90. The number of nitrogens with two attached hydrogens (primary N) is 1. The van der Waals surface area contributed by atoms with Crippen LogP contribution in [0.4, 0.5) is 4.39 Å². The van der Waals surface area contributed by atoms with Gasteiger partial charge in [0.25, 0.3) is 0 Å². The molecule has 1 rings (SSSR count). The van der Waals surface area contributed by atoms with Crippen LogP contribution < -0.4 is 10.5 Å². The molecule has 0 radical (unpaired) electrons. The topological polar surface area (TPSA) is 35.2 Å². The summed E-state index contributed by atoms with van der Waals surface area (Å²) in [5, 5.41) is 0. The molecule has 1 aromatic rings. The van der Waals surface area contributed by atoms with Gasteiger partial charge in [-0.05, 0) is 54.4 Å². The van der Waals surface area contributed by atoms with E-state index >= 15 is 0 Å². The normalized spacial score (nSPS) is 10.8. The van der Waals surface area contributed by atoms with Gasteiger partial charge >= 0.3 is 0 Å². The Morgan fingerprint density at radius 1 is 1.47 bits per heavy atom. The Hall–Kier alpha value is -0.610. The fourth-order valence-electron chi connectivity index (χ4n) is 1.29. The van der Waals surface area contributed by atoms with E-state index in [1.165, 1.54) is 6.07 Å². The van der Waals surface area contributed by atoms with Crippen molar-refractivity contribution in [3.63, 3.8) is 0 Å². The summed E-state index contributed by atoms with van der Waals surface area (Å²) in [6, 6.07) is 3.13. The molecule has 1 aromatic carbocycles.